The minimum absolute atomic E-state index is 0.194. The molecule has 0 unspecified atom stereocenters. The highest BCUT2D eigenvalue weighted by Gasteiger charge is 2.49. The lowest BCUT2D eigenvalue weighted by atomic mass is 9.80. The van der Waals surface area contributed by atoms with Crippen LogP contribution in [0.1, 0.15) is 28.8 Å². The molecule has 26 heavy (non-hydrogen) atoms. The van der Waals surface area contributed by atoms with Crippen molar-refractivity contribution in [1.29, 1.82) is 0 Å². The van der Waals surface area contributed by atoms with Crippen molar-refractivity contribution < 1.29 is 9.53 Å². The number of nitrogens with two attached hydrogens (primary N) is 1. The van der Waals surface area contributed by atoms with Gasteiger partial charge in [-0.25, -0.2) is 9.98 Å². The van der Waals surface area contributed by atoms with Gasteiger partial charge in [-0.05, 0) is 13.3 Å². The molecule has 0 saturated carbocycles. The van der Waals surface area contributed by atoms with Crippen LogP contribution in [0.3, 0.4) is 0 Å². The molecule has 2 aliphatic heterocycles. The predicted molar refractivity (Wildman–Crippen MR) is 100 cm³/mol. The highest BCUT2D eigenvalue weighted by atomic mass is 32.2. The zero-order chi connectivity index (χ0) is 18.3. The maximum atomic E-state index is 12.3. The van der Waals surface area contributed by atoms with E-state index in [0.29, 0.717) is 23.5 Å². The normalized spacial score (nSPS) is 28.3. The first-order valence-electron chi connectivity index (χ1n) is 8.19. The second kappa shape index (κ2) is 6.63. The zero-order valence-corrected chi connectivity index (χ0v) is 16.0. The number of amides is 1. The third-order valence-electron chi connectivity index (χ3n) is 4.57. The second-order valence-electron chi connectivity index (χ2n) is 6.51. The van der Waals surface area contributed by atoms with Crippen LogP contribution in [0.25, 0.3) is 0 Å². The lowest BCUT2D eigenvalue weighted by Crippen LogP contribution is -2.49. The molecule has 2 aliphatic rings. The first kappa shape index (κ1) is 17.4. The van der Waals surface area contributed by atoms with Gasteiger partial charge in [0.2, 0.25) is 0 Å². The van der Waals surface area contributed by atoms with Gasteiger partial charge >= 0.3 is 0 Å². The van der Waals surface area contributed by atoms with E-state index in [4.69, 9.17) is 15.5 Å². The van der Waals surface area contributed by atoms with Crippen LogP contribution < -0.4 is 11.1 Å². The molecule has 0 aliphatic carbocycles. The number of hydrogen-bond donors (Lipinski definition) is 2. The van der Waals surface area contributed by atoms with Crippen molar-refractivity contribution in [3.8, 4) is 0 Å². The number of nitrogens with one attached hydrogen (secondary N) is 1. The lowest BCUT2D eigenvalue weighted by molar-refractivity contribution is -0.0466. The molecule has 0 spiro atoms. The van der Waals surface area contributed by atoms with Gasteiger partial charge in [-0.15, -0.1) is 16.4 Å². The van der Waals surface area contributed by atoms with Crippen molar-refractivity contribution in [2.45, 2.75) is 25.0 Å². The summed E-state index contributed by atoms with van der Waals surface area (Å²) in [6, 6.07) is 0. The Morgan fingerprint density at radius 3 is 3.15 bits per heavy atom. The Hall–Kier alpha value is -1.98. The monoisotopic (exact) mass is 393 g/mol. The molecule has 2 aromatic heterocycles. The Bertz CT molecular complexity index is 864. The van der Waals surface area contributed by atoms with Crippen LogP contribution in [0, 0.1) is 5.92 Å². The Morgan fingerprint density at radius 1 is 1.54 bits per heavy atom. The van der Waals surface area contributed by atoms with Crippen molar-refractivity contribution in [2.75, 3.05) is 17.7 Å². The number of hydrogen-bond acceptors (Lipinski definition) is 9. The average Bonchev–Trinajstić information content (AvgIpc) is 3.24. The summed E-state index contributed by atoms with van der Waals surface area (Å²) in [4.78, 5) is 21.6. The Morgan fingerprint density at radius 2 is 2.38 bits per heavy atom. The molecule has 1 fully saturated rings. The van der Waals surface area contributed by atoms with Crippen LogP contribution in [-0.2, 0) is 17.3 Å². The van der Waals surface area contributed by atoms with Crippen molar-refractivity contribution in [1.82, 2.24) is 20.0 Å². The van der Waals surface area contributed by atoms with Gasteiger partial charge in [-0.3, -0.25) is 9.48 Å². The number of rotatable bonds is 3. The topological polar surface area (TPSA) is 120 Å². The number of carbonyl (C=O) groups is 1. The maximum absolute atomic E-state index is 12.3. The number of thiazole rings is 1. The van der Waals surface area contributed by atoms with E-state index in [2.05, 4.69) is 27.5 Å². The van der Waals surface area contributed by atoms with Crippen molar-refractivity contribution >= 4 is 40.0 Å². The number of carbonyl (C=O) groups excluding carboxylic acids is 1. The molecule has 9 nitrogen and oxygen atoms in total. The summed E-state index contributed by atoms with van der Waals surface area (Å²) in [5, 5.41) is 13.5. The molecule has 138 valence electrons. The van der Waals surface area contributed by atoms with E-state index < -0.39 is 5.54 Å². The van der Waals surface area contributed by atoms with E-state index in [1.54, 1.807) is 30.4 Å². The number of nitrogens with zero attached hydrogens (tertiary/aromatic N) is 5. The number of fused-ring (bicyclic) bond motifs is 1. The molecule has 0 bridgehead atoms. The smallest absolute Gasteiger partial charge is 0.279 e. The molecule has 4 rings (SSSR count). The van der Waals surface area contributed by atoms with Gasteiger partial charge in [-0.1, -0.05) is 17.0 Å². The van der Waals surface area contributed by atoms with Gasteiger partial charge in [0.25, 0.3) is 5.91 Å². The minimum Gasteiger partial charge on any atom is -0.379 e. The third-order valence-corrected chi connectivity index (χ3v) is 6.54. The van der Waals surface area contributed by atoms with Crippen molar-refractivity contribution in [3.63, 3.8) is 0 Å². The number of aromatic nitrogens is 4. The van der Waals surface area contributed by atoms with Crippen molar-refractivity contribution in [2.24, 2.45) is 23.7 Å². The number of thioether (sulfide) groups is 1. The molecule has 0 aromatic carbocycles. The number of ether oxygens (including phenoxy) is 1. The third kappa shape index (κ3) is 3.10. The van der Waals surface area contributed by atoms with Gasteiger partial charge in [0.05, 0.1) is 18.9 Å². The molecule has 4 heterocycles. The summed E-state index contributed by atoms with van der Waals surface area (Å²) in [6.45, 7) is 2.52. The van der Waals surface area contributed by atoms with Crippen LogP contribution in [0.2, 0.25) is 0 Å². The maximum Gasteiger partial charge on any atom is 0.279 e. The molecule has 3 atom stereocenters. The number of aliphatic imine (C=N–C) groups is 1. The molecule has 11 heteroatoms. The number of aryl methyl sites for hydroxylation is 1. The highest BCUT2D eigenvalue weighted by Crippen LogP contribution is 2.46. The van der Waals surface area contributed by atoms with Crippen LogP contribution in [0.4, 0.5) is 5.82 Å². The summed E-state index contributed by atoms with van der Waals surface area (Å²) in [7, 11) is 1.71. The summed E-state index contributed by atoms with van der Waals surface area (Å²) in [5.74, 6) is 1.32. The number of amidine groups is 1. The van der Waals surface area contributed by atoms with Crippen LogP contribution in [0.15, 0.2) is 16.6 Å². The average molecular weight is 393 g/mol. The van der Waals surface area contributed by atoms with E-state index in [0.717, 1.165) is 17.2 Å². The van der Waals surface area contributed by atoms with Crippen LogP contribution >= 0.6 is 23.1 Å². The number of anilines is 1. The van der Waals surface area contributed by atoms with Crippen molar-refractivity contribution in [3.05, 3.63) is 22.3 Å². The molecule has 0 radical (unpaired) electrons. The van der Waals surface area contributed by atoms with Gasteiger partial charge in [0.1, 0.15) is 16.4 Å². The fraction of sp³-hybridized carbons (Fsp3) is 0.533. The zero-order valence-electron chi connectivity index (χ0n) is 14.4. The van der Waals surface area contributed by atoms with E-state index >= 15 is 0 Å². The van der Waals surface area contributed by atoms with Gasteiger partial charge in [-0.2, -0.15) is 0 Å². The van der Waals surface area contributed by atoms with Gasteiger partial charge in [0, 0.05) is 24.1 Å². The first-order valence-corrected chi connectivity index (χ1v) is 10.1. The summed E-state index contributed by atoms with van der Waals surface area (Å²) in [5.41, 5.74) is 5.68. The first-order chi connectivity index (χ1) is 12.5. The lowest BCUT2D eigenvalue weighted by Gasteiger charge is -2.44. The van der Waals surface area contributed by atoms with E-state index in [9.17, 15) is 4.79 Å². The largest absolute Gasteiger partial charge is 0.379 e. The quantitative estimate of drug-likeness (QED) is 0.804. The molecule has 1 amide bonds. The summed E-state index contributed by atoms with van der Waals surface area (Å²) >= 11 is 3.04. The summed E-state index contributed by atoms with van der Waals surface area (Å²) in [6.07, 6.45) is 2.65. The fourth-order valence-corrected chi connectivity index (χ4v) is 5.21. The van der Waals surface area contributed by atoms with Crippen LogP contribution in [-0.4, -0.2) is 49.5 Å². The van der Waals surface area contributed by atoms with E-state index in [1.807, 2.05) is 0 Å². The van der Waals surface area contributed by atoms with E-state index in [-0.39, 0.29) is 17.7 Å². The molecule has 3 N–H and O–H groups in total. The van der Waals surface area contributed by atoms with Gasteiger partial charge < -0.3 is 15.8 Å². The molecular formula is C15H19N7O2S2. The highest BCUT2D eigenvalue weighted by molar-refractivity contribution is 8.13. The molecular weight excluding hydrogens is 374 g/mol. The predicted octanol–water partition coefficient (Wildman–Crippen LogP) is 1.21. The minimum atomic E-state index is -0.567. The standard InChI is InChI=1S/C15H19N7O2S2/c1-8-3-9-5-26-14(16)19-15(9,7-24-8)13-18-11(6-25-13)17-12(23)10-4-22(2)21-20-10/h4,6,8-9H,3,5,7H2,1-2H3,(H2,16,19)(H,17,23)/t8-,9-,15-/m0/s1. The second-order valence-corrected chi connectivity index (χ2v) is 8.41. The summed E-state index contributed by atoms with van der Waals surface area (Å²) < 4.78 is 7.38. The van der Waals surface area contributed by atoms with E-state index in [1.165, 1.54) is 16.0 Å². The molecule has 1 saturated heterocycles. The SMILES string of the molecule is C[C@H]1C[C@H]2CSC(N)=N[C@@]2(c2nc(NC(=O)c3cn(C)nn3)cs2)CO1. The Kier molecular flexibility index (Phi) is 4.45. The van der Waals surface area contributed by atoms with Gasteiger partial charge in [0.15, 0.2) is 10.9 Å². The van der Waals surface area contributed by atoms with Crippen LogP contribution in [0.5, 0.6) is 0 Å². The Balaban J connectivity index is 1.59. The molecule has 2 aromatic rings. The fourth-order valence-electron chi connectivity index (χ4n) is 3.24. The Labute approximate surface area is 158 Å².